The summed E-state index contributed by atoms with van der Waals surface area (Å²) in [4.78, 5) is 11.0. The molecule has 0 aliphatic rings. The number of hydrogen-bond acceptors (Lipinski definition) is 5. The van der Waals surface area contributed by atoms with E-state index in [0.717, 1.165) is 35.1 Å². The van der Waals surface area contributed by atoms with Crippen LogP contribution in [0.25, 0.3) is 0 Å². The van der Waals surface area contributed by atoms with Crippen LogP contribution in [0.1, 0.15) is 33.5 Å². The second kappa shape index (κ2) is 11.3. The van der Waals surface area contributed by atoms with Crippen molar-refractivity contribution in [2.75, 3.05) is 19.6 Å². The number of aromatic nitrogens is 1. The zero-order valence-corrected chi connectivity index (χ0v) is 19.2. The highest BCUT2D eigenvalue weighted by molar-refractivity contribution is 14.0. The highest BCUT2D eigenvalue weighted by Gasteiger charge is 2.10. The highest BCUT2D eigenvalue weighted by atomic mass is 127. The van der Waals surface area contributed by atoms with Crippen LogP contribution in [-0.4, -0.2) is 35.7 Å². The van der Waals surface area contributed by atoms with E-state index in [1.54, 1.807) is 17.4 Å². The Hall–Kier alpha value is -0.420. The second-order valence-corrected chi connectivity index (χ2v) is 8.33. The number of aliphatic imine (C=N–C) groups is 1. The van der Waals surface area contributed by atoms with Crippen LogP contribution in [0.5, 0.6) is 0 Å². The minimum absolute atomic E-state index is 0. The van der Waals surface area contributed by atoms with Crippen LogP contribution in [0.4, 0.5) is 0 Å². The van der Waals surface area contributed by atoms with Crippen molar-refractivity contribution in [3.63, 3.8) is 0 Å². The van der Waals surface area contributed by atoms with E-state index in [0.29, 0.717) is 16.8 Å². The molecule has 0 aromatic carbocycles. The van der Waals surface area contributed by atoms with E-state index in [4.69, 9.17) is 11.6 Å². The minimum atomic E-state index is -0.635. The van der Waals surface area contributed by atoms with Gasteiger partial charge in [0.2, 0.25) is 0 Å². The van der Waals surface area contributed by atoms with E-state index < -0.39 is 6.10 Å². The first-order chi connectivity index (χ1) is 11.5. The topological polar surface area (TPSA) is 69.5 Å². The Morgan fingerprint density at radius 1 is 1.32 bits per heavy atom. The number of nitrogens with one attached hydrogen (secondary N) is 2. The van der Waals surface area contributed by atoms with Crippen molar-refractivity contribution in [1.29, 1.82) is 0 Å². The third kappa shape index (κ3) is 7.38. The monoisotopic (exact) mass is 514 g/mol. The number of hydrogen-bond donors (Lipinski definition) is 3. The third-order valence-electron chi connectivity index (χ3n) is 3.33. The fraction of sp³-hybridized carbons (Fsp3) is 0.500. The number of thiophene rings is 1. The third-order valence-corrected chi connectivity index (χ3v) is 5.80. The molecule has 2 rings (SSSR count). The van der Waals surface area contributed by atoms with Crippen LogP contribution in [0.3, 0.4) is 0 Å². The molecule has 0 saturated heterocycles. The van der Waals surface area contributed by atoms with Gasteiger partial charge < -0.3 is 15.7 Å². The summed E-state index contributed by atoms with van der Waals surface area (Å²) < 4.78 is 0.674. The van der Waals surface area contributed by atoms with Crippen LogP contribution >= 0.6 is 58.3 Å². The molecule has 1 unspecified atom stereocenters. The molecule has 0 bridgehead atoms. The summed E-state index contributed by atoms with van der Waals surface area (Å²) in [6.45, 7) is 7.92. The van der Waals surface area contributed by atoms with Gasteiger partial charge in [0.25, 0.3) is 0 Å². The standard InChI is InChI=1S/C16H23ClN4OS2.HI/c1-4-18-16(19-8-7-13-10(2)21-11(3)23-13)20-9-12(22)14-5-6-15(17)24-14;/h5-6,12,22H,4,7-9H2,1-3H3,(H2,18,19,20);1H. The minimum Gasteiger partial charge on any atom is -0.386 e. The lowest BCUT2D eigenvalue weighted by atomic mass is 10.3. The molecule has 2 aromatic rings. The first kappa shape index (κ1) is 22.6. The average molecular weight is 515 g/mol. The molecule has 0 saturated carbocycles. The van der Waals surface area contributed by atoms with Crippen LogP contribution < -0.4 is 10.6 Å². The smallest absolute Gasteiger partial charge is 0.191 e. The van der Waals surface area contributed by atoms with Gasteiger partial charge in [0.15, 0.2) is 5.96 Å². The van der Waals surface area contributed by atoms with Crippen molar-refractivity contribution in [3.8, 4) is 0 Å². The Kier molecular flexibility index (Phi) is 10.2. The Labute approximate surface area is 179 Å². The molecular weight excluding hydrogens is 491 g/mol. The zero-order chi connectivity index (χ0) is 17.5. The molecular formula is C16H24ClIN4OS2. The summed E-state index contributed by atoms with van der Waals surface area (Å²) in [5.41, 5.74) is 1.10. The summed E-state index contributed by atoms with van der Waals surface area (Å²) >= 11 is 9.02. The zero-order valence-electron chi connectivity index (χ0n) is 14.5. The van der Waals surface area contributed by atoms with Crippen LogP contribution in [0.2, 0.25) is 4.34 Å². The Morgan fingerprint density at radius 3 is 2.64 bits per heavy atom. The van der Waals surface area contributed by atoms with E-state index >= 15 is 0 Å². The number of rotatable bonds is 7. The molecule has 3 N–H and O–H groups in total. The first-order valence-electron chi connectivity index (χ1n) is 7.88. The summed E-state index contributed by atoms with van der Waals surface area (Å²) in [6.07, 6.45) is 0.273. The lowest BCUT2D eigenvalue weighted by molar-refractivity contribution is 0.191. The highest BCUT2D eigenvalue weighted by Crippen LogP contribution is 2.26. The van der Waals surface area contributed by atoms with Gasteiger partial charge in [-0.2, -0.15) is 0 Å². The molecule has 0 fully saturated rings. The van der Waals surface area contributed by atoms with Gasteiger partial charge in [-0.3, -0.25) is 4.99 Å². The molecule has 2 heterocycles. The number of halogens is 2. The maximum atomic E-state index is 10.2. The van der Waals surface area contributed by atoms with E-state index in [2.05, 4.69) is 20.6 Å². The molecule has 0 spiro atoms. The Morgan fingerprint density at radius 2 is 2.08 bits per heavy atom. The molecule has 9 heteroatoms. The van der Waals surface area contributed by atoms with E-state index in [-0.39, 0.29) is 24.0 Å². The lowest BCUT2D eigenvalue weighted by Gasteiger charge is -2.12. The molecule has 5 nitrogen and oxygen atoms in total. The average Bonchev–Trinajstić information content (AvgIpc) is 3.10. The van der Waals surface area contributed by atoms with Crippen molar-refractivity contribution in [1.82, 2.24) is 15.6 Å². The van der Waals surface area contributed by atoms with Gasteiger partial charge in [-0.1, -0.05) is 11.6 Å². The fourth-order valence-electron chi connectivity index (χ4n) is 2.22. The summed E-state index contributed by atoms with van der Waals surface area (Å²) in [5.74, 6) is 0.707. The quantitative estimate of drug-likeness (QED) is 0.298. The number of nitrogens with zero attached hydrogens (tertiary/aromatic N) is 2. The molecule has 0 aliphatic carbocycles. The molecule has 1 atom stereocenters. The maximum absolute atomic E-state index is 10.2. The fourth-order valence-corrected chi connectivity index (χ4v) is 4.19. The molecule has 140 valence electrons. The van der Waals surface area contributed by atoms with Gasteiger partial charge >= 0.3 is 0 Å². The second-order valence-electron chi connectivity index (χ2n) is 5.30. The predicted molar refractivity (Wildman–Crippen MR) is 119 cm³/mol. The first-order valence-corrected chi connectivity index (χ1v) is 9.89. The lowest BCUT2D eigenvalue weighted by Crippen LogP contribution is -2.38. The SMILES string of the molecule is CCNC(=NCC(O)c1ccc(Cl)s1)NCCc1sc(C)nc1C.I. The van der Waals surface area contributed by atoms with Gasteiger partial charge in [-0.05, 0) is 32.9 Å². The van der Waals surface area contributed by atoms with Gasteiger partial charge in [0.05, 0.1) is 21.6 Å². The number of guanidine groups is 1. The van der Waals surface area contributed by atoms with E-state index in [9.17, 15) is 5.11 Å². The molecule has 25 heavy (non-hydrogen) atoms. The van der Waals surface area contributed by atoms with Crippen molar-refractivity contribution >= 4 is 64.2 Å². The van der Waals surface area contributed by atoms with Crippen LogP contribution in [-0.2, 0) is 6.42 Å². The molecule has 2 aromatic heterocycles. The number of thiazole rings is 1. The normalized spacial score (nSPS) is 12.6. The van der Waals surface area contributed by atoms with Gasteiger partial charge in [-0.25, -0.2) is 4.98 Å². The molecule has 0 aliphatic heterocycles. The molecule has 0 amide bonds. The predicted octanol–water partition coefficient (Wildman–Crippen LogP) is 3.92. The summed E-state index contributed by atoms with van der Waals surface area (Å²) in [7, 11) is 0. The number of aryl methyl sites for hydroxylation is 2. The van der Waals surface area contributed by atoms with Gasteiger partial charge in [0.1, 0.15) is 6.10 Å². The summed E-state index contributed by atoms with van der Waals surface area (Å²) in [6, 6.07) is 3.62. The van der Waals surface area contributed by atoms with E-state index in [1.165, 1.54) is 16.2 Å². The molecule has 0 radical (unpaired) electrons. The van der Waals surface area contributed by atoms with Crippen molar-refractivity contribution < 1.29 is 5.11 Å². The summed E-state index contributed by atoms with van der Waals surface area (Å²) in [5, 5.41) is 17.8. The number of aliphatic hydroxyl groups is 1. The van der Waals surface area contributed by atoms with Crippen molar-refractivity contribution in [3.05, 3.63) is 36.9 Å². The van der Waals surface area contributed by atoms with E-state index in [1.807, 2.05) is 26.8 Å². The maximum Gasteiger partial charge on any atom is 0.191 e. The van der Waals surface area contributed by atoms with Crippen LogP contribution in [0.15, 0.2) is 17.1 Å². The van der Waals surface area contributed by atoms with Gasteiger partial charge in [0, 0.05) is 29.3 Å². The number of aliphatic hydroxyl groups excluding tert-OH is 1. The van der Waals surface area contributed by atoms with Crippen LogP contribution in [0, 0.1) is 13.8 Å². The van der Waals surface area contributed by atoms with Crippen molar-refractivity contribution in [2.24, 2.45) is 4.99 Å². The Bertz CT molecular complexity index is 689. The van der Waals surface area contributed by atoms with Gasteiger partial charge in [-0.15, -0.1) is 46.7 Å². The Balaban J connectivity index is 0.00000312. The largest absolute Gasteiger partial charge is 0.386 e. The van der Waals surface area contributed by atoms with Crippen molar-refractivity contribution in [2.45, 2.75) is 33.3 Å².